The summed E-state index contributed by atoms with van der Waals surface area (Å²) in [6.07, 6.45) is 4.23. The van der Waals surface area contributed by atoms with Gasteiger partial charge < -0.3 is 10.1 Å². The molecule has 16 heavy (non-hydrogen) atoms. The molecule has 0 aromatic heterocycles. The van der Waals surface area contributed by atoms with Gasteiger partial charge in [-0.3, -0.25) is 4.79 Å². The molecule has 1 N–H and O–H groups in total. The van der Waals surface area contributed by atoms with Gasteiger partial charge in [0.25, 0.3) is 0 Å². The van der Waals surface area contributed by atoms with Crippen molar-refractivity contribution in [2.45, 2.75) is 19.3 Å². The third-order valence-corrected chi connectivity index (χ3v) is 2.58. The highest BCUT2D eigenvalue weighted by Gasteiger charge is 2.09. The second-order valence-electron chi connectivity index (χ2n) is 3.85. The van der Waals surface area contributed by atoms with Crippen LogP contribution in [0.2, 0.25) is 0 Å². The zero-order valence-electron chi connectivity index (χ0n) is 9.32. The molecule has 0 heterocycles. The summed E-state index contributed by atoms with van der Waals surface area (Å²) in [4.78, 5) is 11.2. The fourth-order valence-corrected chi connectivity index (χ4v) is 1.78. The van der Waals surface area contributed by atoms with Crippen molar-refractivity contribution in [3.05, 3.63) is 36.0 Å². The summed E-state index contributed by atoms with van der Waals surface area (Å²) in [6.45, 7) is 0. The average molecular weight is 217 g/mol. The van der Waals surface area contributed by atoms with Gasteiger partial charge in [0, 0.05) is 29.9 Å². The van der Waals surface area contributed by atoms with Crippen molar-refractivity contribution < 1.29 is 9.53 Å². The lowest BCUT2D eigenvalue weighted by atomic mass is 10.0. The van der Waals surface area contributed by atoms with Gasteiger partial charge in [-0.1, -0.05) is 6.07 Å². The SMILES string of the molecule is COc1cccc(NC2=CC(=O)CCC2)c1. The van der Waals surface area contributed by atoms with Gasteiger partial charge in [-0.15, -0.1) is 0 Å². The van der Waals surface area contributed by atoms with E-state index >= 15 is 0 Å². The normalized spacial score (nSPS) is 15.6. The molecule has 1 aliphatic rings. The molecule has 0 spiro atoms. The largest absolute Gasteiger partial charge is 0.497 e. The monoisotopic (exact) mass is 217 g/mol. The van der Waals surface area contributed by atoms with Gasteiger partial charge in [0.05, 0.1) is 7.11 Å². The van der Waals surface area contributed by atoms with Crippen LogP contribution >= 0.6 is 0 Å². The number of hydrogen-bond donors (Lipinski definition) is 1. The Hall–Kier alpha value is -1.77. The van der Waals surface area contributed by atoms with Crippen molar-refractivity contribution in [3.63, 3.8) is 0 Å². The number of methoxy groups -OCH3 is 1. The predicted molar refractivity (Wildman–Crippen MR) is 63.6 cm³/mol. The number of carbonyl (C=O) groups is 1. The highest BCUT2D eigenvalue weighted by molar-refractivity contribution is 5.91. The van der Waals surface area contributed by atoms with Crippen LogP contribution in [0.15, 0.2) is 36.0 Å². The molecule has 0 bridgehead atoms. The Labute approximate surface area is 95.1 Å². The summed E-state index contributed by atoms with van der Waals surface area (Å²) in [5, 5.41) is 3.25. The van der Waals surface area contributed by atoms with E-state index in [1.54, 1.807) is 13.2 Å². The molecule has 0 atom stereocenters. The number of anilines is 1. The number of ether oxygens (including phenoxy) is 1. The summed E-state index contributed by atoms with van der Waals surface area (Å²) in [7, 11) is 1.64. The molecule has 0 saturated heterocycles. The molecule has 3 nitrogen and oxygen atoms in total. The van der Waals surface area contributed by atoms with Crippen LogP contribution in [0, 0.1) is 0 Å². The second-order valence-corrected chi connectivity index (χ2v) is 3.85. The first-order valence-electron chi connectivity index (χ1n) is 5.42. The van der Waals surface area contributed by atoms with Gasteiger partial charge >= 0.3 is 0 Å². The quantitative estimate of drug-likeness (QED) is 0.846. The van der Waals surface area contributed by atoms with Crippen LogP contribution in [-0.2, 0) is 4.79 Å². The van der Waals surface area contributed by atoms with Crippen LogP contribution in [-0.4, -0.2) is 12.9 Å². The van der Waals surface area contributed by atoms with Crippen molar-refractivity contribution in [1.82, 2.24) is 0 Å². The van der Waals surface area contributed by atoms with Crippen LogP contribution < -0.4 is 10.1 Å². The fraction of sp³-hybridized carbons (Fsp3) is 0.308. The van der Waals surface area contributed by atoms with Gasteiger partial charge in [0.15, 0.2) is 5.78 Å². The van der Waals surface area contributed by atoms with Crippen molar-refractivity contribution in [2.75, 3.05) is 12.4 Å². The van der Waals surface area contributed by atoms with E-state index in [2.05, 4.69) is 5.32 Å². The maximum absolute atomic E-state index is 11.2. The molecular formula is C13H15NO2. The predicted octanol–water partition coefficient (Wildman–Crippen LogP) is 2.74. The summed E-state index contributed by atoms with van der Waals surface area (Å²) >= 11 is 0. The topological polar surface area (TPSA) is 38.3 Å². The lowest BCUT2D eigenvalue weighted by Gasteiger charge is -2.14. The Morgan fingerprint density at radius 3 is 2.94 bits per heavy atom. The molecule has 2 rings (SSSR count). The molecule has 0 aliphatic heterocycles. The molecule has 0 saturated carbocycles. The maximum atomic E-state index is 11.2. The molecule has 0 radical (unpaired) electrons. The number of benzene rings is 1. The van der Waals surface area contributed by atoms with E-state index in [1.807, 2.05) is 24.3 Å². The molecular weight excluding hydrogens is 202 g/mol. The van der Waals surface area contributed by atoms with Crippen molar-refractivity contribution in [3.8, 4) is 5.75 Å². The van der Waals surface area contributed by atoms with E-state index in [0.717, 1.165) is 30.0 Å². The zero-order valence-corrected chi connectivity index (χ0v) is 9.32. The highest BCUT2D eigenvalue weighted by Crippen LogP contribution is 2.21. The van der Waals surface area contributed by atoms with E-state index in [0.29, 0.717) is 6.42 Å². The number of allylic oxidation sites excluding steroid dienone is 2. The number of ketones is 1. The summed E-state index contributed by atoms with van der Waals surface area (Å²) < 4.78 is 5.14. The number of rotatable bonds is 3. The average Bonchev–Trinajstić information content (AvgIpc) is 2.29. The Balaban J connectivity index is 2.11. The van der Waals surface area contributed by atoms with Crippen LogP contribution in [0.4, 0.5) is 5.69 Å². The minimum absolute atomic E-state index is 0.205. The van der Waals surface area contributed by atoms with Gasteiger partial charge in [0.1, 0.15) is 5.75 Å². The number of hydrogen-bond acceptors (Lipinski definition) is 3. The fourth-order valence-electron chi connectivity index (χ4n) is 1.78. The van der Waals surface area contributed by atoms with Crippen LogP contribution in [0.1, 0.15) is 19.3 Å². The highest BCUT2D eigenvalue weighted by atomic mass is 16.5. The summed E-state index contributed by atoms with van der Waals surface area (Å²) in [6, 6.07) is 7.69. The first-order chi connectivity index (χ1) is 7.78. The molecule has 0 fully saturated rings. The lowest BCUT2D eigenvalue weighted by Crippen LogP contribution is -2.09. The summed E-state index contributed by atoms with van der Waals surface area (Å²) in [5.41, 5.74) is 1.95. The summed E-state index contributed by atoms with van der Waals surface area (Å²) in [5.74, 6) is 1.02. The third-order valence-electron chi connectivity index (χ3n) is 2.58. The Morgan fingerprint density at radius 1 is 1.31 bits per heavy atom. The molecule has 0 unspecified atom stereocenters. The van der Waals surface area contributed by atoms with E-state index in [4.69, 9.17) is 4.74 Å². The molecule has 1 aromatic rings. The van der Waals surface area contributed by atoms with E-state index in [1.165, 1.54) is 0 Å². The lowest BCUT2D eigenvalue weighted by molar-refractivity contribution is -0.115. The van der Waals surface area contributed by atoms with E-state index in [9.17, 15) is 4.79 Å². The Bertz CT molecular complexity index is 424. The molecule has 3 heteroatoms. The van der Waals surface area contributed by atoms with Crippen molar-refractivity contribution in [1.29, 1.82) is 0 Å². The van der Waals surface area contributed by atoms with Crippen LogP contribution in [0.25, 0.3) is 0 Å². The Morgan fingerprint density at radius 2 is 2.19 bits per heavy atom. The van der Waals surface area contributed by atoms with Gasteiger partial charge in [-0.25, -0.2) is 0 Å². The van der Waals surface area contributed by atoms with Crippen LogP contribution in [0.5, 0.6) is 5.75 Å². The smallest absolute Gasteiger partial charge is 0.157 e. The van der Waals surface area contributed by atoms with Gasteiger partial charge in [-0.05, 0) is 25.0 Å². The molecule has 84 valence electrons. The minimum atomic E-state index is 0.205. The van der Waals surface area contributed by atoms with Crippen LogP contribution in [0.3, 0.4) is 0 Å². The standard InChI is InChI=1S/C13H15NO2/c1-16-13-7-3-5-11(9-13)14-10-4-2-6-12(15)8-10/h3,5,7-9,14H,2,4,6H2,1H3. The Kier molecular flexibility index (Phi) is 3.25. The zero-order chi connectivity index (χ0) is 11.4. The number of nitrogens with one attached hydrogen (secondary N) is 1. The maximum Gasteiger partial charge on any atom is 0.157 e. The molecule has 1 aliphatic carbocycles. The van der Waals surface area contributed by atoms with E-state index < -0.39 is 0 Å². The minimum Gasteiger partial charge on any atom is -0.497 e. The second kappa shape index (κ2) is 4.84. The first kappa shape index (κ1) is 10.7. The van der Waals surface area contributed by atoms with Gasteiger partial charge in [0.2, 0.25) is 0 Å². The molecule has 0 amide bonds. The van der Waals surface area contributed by atoms with Crippen molar-refractivity contribution in [2.24, 2.45) is 0 Å². The van der Waals surface area contributed by atoms with E-state index in [-0.39, 0.29) is 5.78 Å². The first-order valence-corrected chi connectivity index (χ1v) is 5.42. The van der Waals surface area contributed by atoms with Gasteiger partial charge in [-0.2, -0.15) is 0 Å². The molecule has 1 aromatic carbocycles. The van der Waals surface area contributed by atoms with Crippen molar-refractivity contribution >= 4 is 11.5 Å². The number of carbonyl (C=O) groups excluding carboxylic acids is 1. The third kappa shape index (κ3) is 2.63.